The van der Waals surface area contributed by atoms with Crippen molar-refractivity contribution >= 4 is 27.0 Å². The molecule has 1 unspecified atom stereocenters. The zero-order valence-electron chi connectivity index (χ0n) is 11.9. The molecule has 1 aliphatic rings. The highest BCUT2D eigenvalue weighted by molar-refractivity contribution is 7.89. The van der Waals surface area contributed by atoms with Gasteiger partial charge in [-0.1, -0.05) is 18.6 Å². The molecule has 1 atom stereocenters. The Morgan fingerprint density at radius 3 is 2.73 bits per heavy atom. The lowest BCUT2D eigenvalue weighted by Gasteiger charge is -2.31. The third-order valence-electron chi connectivity index (χ3n) is 4.26. The maximum absolute atomic E-state index is 12.4. The molecule has 0 spiro atoms. The van der Waals surface area contributed by atoms with E-state index in [1.54, 1.807) is 24.3 Å². The van der Waals surface area contributed by atoms with E-state index in [4.69, 9.17) is 4.42 Å². The van der Waals surface area contributed by atoms with Crippen molar-refractivity contribution < 1.29 is 22.7 Å². The number of carboxylic acid groups (broad SMARTS) is 1. The maximum Gasteiger partial charge on any atom is 0.308 e. The molecule has 118 valence electrons. The molecule has 2 N–H and O–H groups in total. The Labute approximate surface area is 128 Å². The van der Waals surface area contributed by atoms with Crippen molar-refractivity contribution in [2.45, 2.75) is 24.2 Å². The molecule has 0 radical (unpaired) electrons. The molecule has 0 saturated heterocycles. The first-order valence-corrected chi connectivity index (χ1v) is 8.66. The maximum atomic E-state index is 12.4. The van der Waals surface area contributed by atoms with Crippen LogP contribution in [0.4, 0.5) is 0 Å². The van der Waals surface area contributed by atoms with Crippen molar-refractivity contribution in [2.75, 3.05) is 6.54 Å². The molecule has 1 aromatic carbocycles. The molecule has 6 nitrogen and oxygen atoms in total. The molecule has 3 rings (SSSR count). The summed E-state index contributed by atoms with van der Waals surface area (Å²) in [6, 6.07) is 6.83. The smallest absolute Gasteiger partial charge is 0.308 e. The summed E-state index contributed by atoms with van der Waals surface area (Å²) in [6.45, 7) is -0.0954. The number of fused-ring (bicyclic) bond motifs is 1. The molecule has 1 aliphatic carbocycles. The lowest BCUT2D eigenvalue weighted by atomic mass is 9.76. The molecule has 1 fully saturated rings. The fraction of sp³-hybridized carbons (Fsp3) is 0.400. The van der Waals surface area contributed by atoms with Gasteiger partial charge in [-0.3, -0.25) is 4.79 Å². The first kappa shape index (κ1) is 15.1. The van der Waals surface area contributed by atoms with E-state index in [0.717, 1.165) is 19.3 Å². The van der Waals surface area contributed by atoms with Gasteiger partial charge in [-0.2, -0.15) is 0 Å². The van der Waals surface area contributed by atoms with Gasteiger partial charge in [-0.15, -0.1) is 0 Å². The number of furan rings is 1. The van der Waals surface area contributed by atoms with Crippen LogP contribution in [0.3, 0.4) is 0 Å². The van der Waals surface area contributed by atoms with Gasteiger partial charge >= 0.3 is 5.97 Å². The van der Waals surface area contributed by atoms with Crippen molar-refractivity contribution in [3.63, 3.8) is 0 Å². The van der Waals surface area contributed by atoms with Crippen LogP contribution >= 0.6 is 0 Å². The first-order valence-electron chi connectivity index (χ1n) is 7.18. The Morgan fingerprint density at radius 1 is 1.36 bits per heavy atom. The van der Waals surface area contributed by atoms with Gasteiger partial charge in [0.15, 0.2) is 0 Å². The summed E-state index contributed by atoms with van der Waals surface area (Å²) in [5, 5.41) is 9.75. The number of para-hydroxylation sites is 1. The summed E-state index contributed by atoms with van der Waals surface area (Å²) in [5.41, 5.74) is 0.483. The Bertz CT molecular complexity index is 791. The second-order valence-corrected chi connectivity index (χ2v) is 7.32. The Hall–Kier alpha value is -1.86. The van der Waals surface area contributed by atoms with Gasteiger partial charge in [0.05, 0.1) is 5.92 Å². The van der Waals surface area contributed by atoms with Crippen molar-refractivity contribution in [3.8, 4) is 0 Å². The number of hydrogen-bond donors (Lipinski definition) is 2. The van der Waals surface area contributed by atoms with E-state index in [1.807, 2.05) is 0 Å². The van der Waals surface area contributed by atoms with Crippen molar-refractivity contribution in [2.24, 2.45) is 11.8 Å². The standard InChI is InChI=1S/C15H17NO5S/c17-15(18)12(10-4-3-5-10)8-16-22(19,20)14-9-21-13-7-2-1-6-11(13)14/h1-2,6-7,9-10,12,16H,3-5,8H2,(H,17,18). The van der Waals surface area contributed by atoms with Gasteiger partial charge in [0, 0.05) is 11.9 Å². The Morgan fingerprint density at radius 2 is 2.09 bits per heavy atom. The quantitative estimate of drug-likeness (QED) is 0.849. The summed E-state index contributed by atoms with van der Waals surface area (Å²) in [5.74, 6) is -1.58. The molecular weight excluding hydrogens is 306 g/mol. The Kier molecular flexibility index (Phi) is 3.92. The molecule has 2 aromatic rings. The van der Waals surface area contributed by atoms with E-state index in [-0.39, 0.29) is 17.4 Å². The predicted molar refractivity (Wildman–Crippen MR) is 79.9 cm³/mol. The number of benzene rings is 1. The van der Waals surface area contributed by atoms with Crippen LogP contribution in [0.15, 0.2) is 39.8 Å². The van der Waals surface area contributed by atoms with Crippen molar-refractivity contribution in [1.82, 2.24) is 4.72 Å². The third kappa shape index (κ3) is 2.74. The second kappa shape index (κ2) is 5.73. The molecule has 7 heteroatoms. The van der Waals surface area contributed by atoms with Gasteiger partial charge < -0.3 is 9.52 Å². The highest BCUT2D eigenvalue weighted by Gasteiger charge is 2.33. The fourth-order valence-electron chi connectivity index (χ4n) is 2.74. The molecule has 22 heavy (non-hydrogen) atoms. The number of carbonyl (C=O) groups is 1. The van der Waals surface area contributed by atoms with E-state index in [1.165, 1.54) is 6.26 Å². The second-order valence-electron chi connectivity index (χ2n) is 5.58. The fourth-order valence-corrected chi connectivity index (χ4v) is 3.92. The van der Waals surface area contributed by atoms with Crippen LogP contribution in [0.1, 0.15) is 19.3 Å². The lowest BCUT2D eigenvalue weighted by Crippen LogP contribution is -2.39. The van der Waals surface area contributed by atoms with E-state index in [9.17, 15) is 18.3 Å². The number of hydrogen-bond acceptors (Lipinski definition) is 4. The van der Waals surface area contributed by atoms with Crippen molar-refractivity contribution in [1.29, 1.82) is 0 Å². The van der Waals surface area contributed by atoms with Crippen LogP contribution in [0.25, 0.3) is 11.0 Å². The monoisotopic (exact) mass is 323 g/mol. The summed E-state index contributed by atoms with van der Waals surface area (Å²) in [6.07, 6.45) is 3.88. The van der Waals surface area contributed by atoms with E-state index in [2.05, 4.69) is 4.72 Å². The SMILES string of the molecule is O=C(O)C(CNS(=O)(=O)c1coc2ccccc12)C1CCC1. The number of rotatable bonds is 6. The first-order chi connectivity index (χ1) is 10.5. The Balaban J connectivity index is 1.79. The van der Waals surface area contributed by atoms with Gasteiger partial charge in [0.25, 0.3) is 0 Å². The molecule has 0 bridgehead atoms. The average Bonchev–Trinajstić information content (AvgIpc) is 2.85. The van der Waals surface area contributed by atoms with Gasteiger partial charge in [0.2, 0.25) is 10.0 Å². The minimum absolute atomic E-state index is 0.0425. The highest BCUT2D eigenvalue weighted by atomic mass is 32.2. The lowest BCUT2D eigenvalue weighted by molar-refractivity contribution is -0.144. The van der Waals surface area contributed by atoms with Crippen LogP contribution in [0.2, 0.25) is 0 Å². The van der Waals surface area contributed by atoms with E-state index < -0.39 is 21.9 Å². The number of aliphatic carboxylic acids is 1. The molecule has 0 aliphatic heterocycles. The summed E-state index contributed by atoms with van der Waals surface area (Å²) in [7, 11) is -3.80. The predicted octanol–water partition coefficient (Wildman–Crippen LogP) is 2.21. The minimum Gasteiger partial charge on any atom is -0.481 e. The topological polar surface area (TPSA) is 96.6 Å². The third-order valence-corrected chi connectivity index (χ3v) is 5.71. The van der Waals surface area contributed by atoms with Crippen LogP contribution in [0.5, 0.6) is 0 Å². The highest BCUT2D eigenvalue weighted by Crippen LogP contribution is 2.33. The van der Waals surface area contributed by atoms with Gasteiger partial charge in [-0.05, 0) is 30.9 Å². The number of nitrogens with one attached hydrogen (secondary N) is 1. The van der Waals surface area contributed by atoms with Gasteiger partial charge in [-0.25, -0.2) is 13.1 Å². The molecule has 1 heterocycles. The number of carboxylic acids is 1. The van der Waals surface area contributed by atoms with Crippen molar-refractivity contribution in [3.05, 3.63) is 30.5 Å². The number of sulfonamides is 1. The summed E-state index contributed by atoms with van der Waals surface area (Å²) < 4.78 is 32.4. The minimum atomic E-state index is -3.80. The molecule has 1 saturated carbocycles. The van der Waals surface area contributed by atoms with E-state index >= 15 is 0 Å². The molecule has 0 amide bonds. The van der Waals surface area contributed by atoms with Crippen LogP contribution in [-0.4, -0.2) is 26.0 Å². The van der Waals surface area contributed by atoms with Crippen LogP contribution < -0.4 is 4.72 Å². The van der Waals surface area contributed by atoms with Gasteiger partial charge in [0.1, 0.15) is 16.7 Å². The zero-order chi connectivity index (χ0) is 15.7. The molecule has 1 aromatic heterocycles. The summed E-state index contributed by atoms with van der Waals surface area (Å²) in [4.78, 5) is 11.3. The van der Waals surface area contributed by atoms with Crippen LogP contribution in [-0.2, 0) is 14.8 Å². The van der Waals surface area contributed by atoms with Crippen LogP contribution in [0, 0.1) is 11.8 Å². The zero-order valence-corrected chi connectivity index (χ0v) is 12.7. The largest absolute Gasteiger partial charge is 0.481 e. The average molecular weight is 323 g/mol. The summed E-state index contributed by atoms with van der Waals surface area (Å²) >= 11 is 0. The van der Waals surface area contributed by atoms with E-state index in [0.29, 0.717) is 11.0 Å². The molecular formula is C15H17NO5S. The normalized spacial score (nSPS) is 17.3.